The molecule has 2 bridgehead atoms. The smallest absolute Gasteiger partial charge is 0.416 e. The predicted octanol–water partition coefficient (Wildman–Crippen LogP) is 3.28. The quantitative estimate of drug-likeness (QED) is 0.798. The van der Waals surface area contributed by atoms with E-state index in [9.17, 15) is 18.0 Å². The number of carbonyl (C=O) groups is 1. The number of hydrogen-bond acceptors (Lipinski definition) is 3. The van der Waals surface area contributed by atoms with E-state index >= 15 is 0 Å². The van der Waals surface area contributed by atoms with Crippen LogP contribution in [-0.4, -0.2) is 30.6 Å². The third-order valence-electron chi connectivity index (χ3n) is 4.72. The molecule has 2 aliphatic heterocycles. The molecular weight excluding hydrogens is 333 g/mol. The minimum Gasteiger partial charge on any atom is -0.489 e. The van der Waals surface area contributed by atoms with Gasteiger partial charge in [-0.1, -0.05) is 12.7 Å². The Bertz CT molecular complexity index is 648. The number of piperidine rings is 1. The topological polar surface area (TPSA) is 50.4 Å². The maximum atomic E-state index is 13.0. The standard InChI is InChI=1S/C18H21F3N2O2/c1-2-7-25-16-6-3-11(18(19,20)21)8-15(16)17(24)23-14-9-12-4-5-13(10-14)22-12/h2-3,6,8,12-14,22H,1,4-5,7,9-10H2,(H,23,24). The van der Waals surface area contributed by atoms with Crippen LogP contribution >= 0.6 is 0 Å². The second-order valence-electron chi connectivity index (χ2n) is 6.59. The van der Waals surface area contributed by atoms with E-state index in [4.69, 9.17) is 4.74 Å². The van der Waals surface area contributed by atoms with Gasteiger partial charge >= 0.3 is 6.18 Å². The lowest BCUT2D eigenvalue weighted by Crippen LogP contribution is -2.48. The summed E-state index contributed by atoms with van der Waals surface area (Å²) in [5.41, 5.74) is -0.962. The Kier molecular flexibility index (Phi) is 5.03. The van der Waals surface area contributed by atoms with E-state index in [1.165, 1.54) is 12.1 Å². The first-order valence-corrected chi connectivity index (χ1v) is 8.38. The van der Waals surface area contributed by atoms with Crippen molar-refractivity contribution in [2.75, 3.05) is 6.61 Å². The van der Waals surface area contributed by atoms with Gasteiger partial charge in [-0.15, -0.1) is 0 Å². The number of fused-ring (bicyclic) bond motifs is 2. The zero-order chi connectivity index (χ0) is 18.0. The first-order valence-electron chi connectivity index (χ1n) is 8.38. The third kappa shape index (κ3) is 4.15. The molecule has 2 heterocycles. The normalized spacial score (nSPS) is 25.5. The van der Waals surface area contributed by atoms with Gasteiger partial charge in [0, 0.05) is 18.1 Å². The molecule has 2 atom stereocenters. The first kappa shape index (κ1) is 17.8. The Morgan fingerprint density at radius 3 is 2.60 bits per heavy atom. The van der Waals surface area contributed by atoms with Crippen LogP contribution in [0.1, 0.15) is 41.6 Å². The number of ether oxygens (including phenoxy) is 1. The third-order valence-corrected chi connectivity index (χ3v) is 4.72. The molecule has 2 aliphatic rings. The van der Waals surface area contributed by atoms with Gasteiger partial charge in [-0.05, 0) is 43.9 Å². The fourth-order valence-electron chi connectivity index (χ4n) is 3.60. The highest BCUT2D eigenvalue weighted by Crippen LogP contribution is 2.33. The van der Waals surface area contributed by atoms with Crippen molar-refractivity contribution in [1.82, 2.24) is 10.6 Å². The predicted molar refractivity (Wildman–Crippen MR) is 87.6 cm³/mol. The van der Waals surface area contributed by atoms with Gasteiger partial charge in [0.1, 0.15) is 12.4 Å². The minimum absolute atomic E-state index is 0.0342. The maximum Gasteiger partial charge on any atom is 0.416 e. The molecule has 2 N–H and O–H groups in total. The SMILES string of the molecule is C=CCOc1ccc(C(F)(F)F)cc1C(=O)NC1CC2CCC(C1)N2. The molecule has 1 aromatic carbocycles. The van der Waals surface area contributed by atoms with Gasteiger partial charge in [0.15, 0.2) is 0 Å². The van der Waals surface area contributed by atoms with Crippen molar-refractivity contribution in [3.8, 4) is 5.75 Å². The van der Waals surface area contributed by atoms with Crippen molar-refractivity contribution in [3.05, 3.63) is 42.0 Å². The second-order valence-corrected chi connectivity index (χ2v) is 6.59. The van der Waals surface area contributed by atoms with Gasteiger partial charge in [0.05, 0.1) is 11.1 Å². The fourth-order valence-corrected chi connectivity index (χ4v) is 3.60. The average Bonchev–Trinajstić information content (AvgIpc) is 2.90. The highest BCUT2D eigenvalue weighted by molar-refractivity contribution is 5.97. The lowest BCUT2D eigenvalue weighted by Gasteiger charge is -2.30. The van der Waals surface area contributed by atoms with E-state index in [0.29, 0.717) is 12.1 Å². The van der Waals surface area contributed by atoms with Crippen molar-refractivity contribution in [3.63, 3.8) is 0 Å². The molecule has 0 spiro atoms. The van der Waals surface area contributed by atoms with Gasteiger partial charge in [-0.2, -0.15) is 13.2 Å². The van der Waals surface area contributed by atoms with Crippen LogP contribution in [0.2, 0.25) is 0 Å². The summed E-state index contributed by atoms with van der Waals surface area (Å²) in [5, 5.41) is 6.35. The summed E-state index contributed by atoms with van der Waals surface area (Å²) in [7, 11) is 0. The molecule has 2 fully saturated rings. The molecule has 2 unspecified atom stereocenters. The molecule has 3 rings (SSSR count). The number of alkyl halides is 3. The van der Waals surface area contributed by atoms with Gasteiger partial charge < -0.3 is 15.4 Å². The number of carbonyl (C=O) groups excluding carboxylic acids is 1. The molecule has 4 nitrogen and oxygen atoms in total. The van der Waals surface area contributed by atoms with Crippen molar-refractivity contribution in [2.45, 2.75) is 50.0 Å². The van der Waals surface area contributed by atoms with Crippen LogP contribution in [0.3, 0.4) is 0 Å². The molecule has 0 radical (unpaired) electrons. The van der Waals surface area contributed by atoms with Gasteiger partial charge in [0.25, 0.3) is 5.91 Å². The monoisotopic (exact) mass is 354 g/mol. The molecular formula is C18H21F3N2O2. The van der Waals surface area contributed by atoms with Crippen molar-refractivity contribution in [2.24, 2.45) is 0 Å². The molecule has 1 amide bonds. The number of rotatable bonds is 5. The number of benzene rings is 1. The average molecular weight is 354 g/mol. The van der Waals surface area contributed by atoms with E-state index in [1.54, 1.807) is 0 Å². The van der Waals surface area contributed by atoms with Crippen LogP contribution in [0.25, 0.3) is 0 Å². The zero-order valence-electron chi connectivity index (χ0n) is 13.7. The van der Waals surface area contributed by atoms with Crippen molar-refractivity contribution < 1.29 is 22.7 Å². The summed E-state index contributed by atoms with van der Waals surface area (Å²) in [6, 6.07) is 3.67. The fraction of sp³-hybridized carbons (Fsp3) is 0.500. The second kappa shape index (κ2) is 7.07. The molecule has 0 aromatic heterocycles. The number of nitrogens with one attached hydrogen (secondary N) is 2. The number of hydrogen-bond donors (Lipinski definition) is 2. The minimum atomic E-state index is -4.51. The van der Waals surface area contributed by atoms with Crippen LogP contribution in [0.4, 0.5) is 13.2 Å². The van der Waals surface area contributed by atoms with Crippen LogP contribution in [0.5, 0.6) is 5.75 Å². The molecule has 25 heavy (non-hydrogen) atoms. The highest BCUT2D eigenvalue weighted by atomic mass is 19.4. The van der Waals surface area contributed by atoms with E-state index < -0.39 is 17.6 Å². The maximum absolute atomic E-state index is 13.0. The van der Waals surface area contributed by atoms with E-state index in [-0.39, 0.29) is 24.0 Å². The molecule has 136 valence electrons. The van der Waals surface area contributed by atoms with Crippen LogP contribution < -0.4 is 15.4 Å². The highest BCUT2D eigenvalue weighted by Gasteiger charge is 2.35. The summed E-state index contributed by atoms with van der Waals surface area (Å²) in [6.07, 6.45) is 0.709. The molecule has 7 heteroatoms. The number of halogens is 3. The lowest BCUT2D eigenvalue weighted by molar-refractivity contribution is -0.137. The Hall–Kier alpha value is -2.02. The van der Waals surface area contributed by atoms with Crippen molar-refractivity contribution in [1.29, 1.82) is 0 Å². The van der Waals surface area contributed by atoms with Gasteiger partial charge in [-0.25, -0.2) is 0 Å². The summed E-state index contributed by atoms with van der Waals surface area (Å²) in [5.74, 6) is -0.404. The van der Waals surface area contributed by atoms with Crippen LogP contribution in [-0.2, 0) is 6.18 Å². The molecule has 2 saturated heterocycles. The summed E-state index contributed by atoms with van der Waals surface area (Å²) in [4.78, 5) is 12.6. The van der Waals surface area contributed by atoms with Gasteiger partial charge in [-0.3, -0.25) is 4.79 Å². The van der Waals surface area contributed by atoms with E-state index in [0.717, 1.165) is 37.8 Å². The molecule has 0 saturated carbocycles. The Labute approximate surface area is 144 Å². The van der Waals surface area contributed by atoms with Crippen molar-refractivity contribution >= 4 is 5.91 Å². The van der Waals surface area contributed by atoms with E-state index in [2.05, 4.69) is 17.2 Å². The first-order chi connectivity index (χ1) is 11.9. The Morgan fingerprint density at radius 1 is 1.32 bits per heavy atom. The molecule has 1 aromatic rings. The summed E-state index contributed by atoms with van der Waals surface area (Å²) >= 11 is 0. The largest absolute Gasteiger partial charge is 0.489 e. The van der Waals surface area contributed by atoms with Gasteiger partial charge in [0.2, 0.25) is 0 Å². The van der Waals surface area contributed by atoms with E-state index in [1.807, 2.05) is 0 Å². The summed E-state index contributed by atoms with van der Waals surface area (Å²) in [6.45, 7) is 3.63. The Morgan fingerprint density at radius 2 is 2.00 bits per heavy atom. The molecule has 0 aliphatic carbocycles. The lowest BCUT2D eigenvalue weighted by atomic mass is 9.99. The van der Waals surface area contributed by atoms with Crippen LogP contribution in [0.15, 0.2) is 30.9 Å². The number of amides is 1. The van der Waals surface area contributed by atoms with Crippen LogP contribution in [0, 0.1) is 0 Å². The summed E-state index contributed by atoms with van der Waals surface area (Å²) < 4.78 is 44.3. The Balaban J connectivity index is 1.79. The zero-order valence-corrected chi connectivity index (χ0v) is 13.7.